The molecule has 0 aliphatic heterocycles. The van der Waals surface area contributed by atoms with Gasteiger partial charge in [0.2, 0.25) is 0 Å². The molecular formula is C13H19NO3. The van der Waals surface area contributed by atoms with E-state index in [-0.39, 0.29) is 12.5 Å². The van der Waals surface area contributed by atoms with Crippen LogP contribution in [0.1, 0.15) is 19.8 Å². The molecule has 4 heteroatoms. The van der Waals surface area contributed by atoms with Gasteiger partial charge in [-0.25, -0.2) is 0 Å². The Morgan fingerprint density at radius 2 is 2.12 bits per heavy atom. The van der Waals surface area contributed by atoms with Gasteiger partial charge in [-0.15, -0.1) is 0 Å². The van der Waals surface area contributed by atoms with Crippen LogP contribution in [0.3, 0.4) is 0 Å². The van der Waals surface area contributed by atoms with Gasteiger partial charge in [-0.05, 0) is 32.0 Å². The van der Waals surface area contributed by atoms with Crippen molar-refractivity contribution in [3.8, 4) is 5.75 Å². The molecule has 0 saturated heterocycles. The molecule has 1 aromatic rings. The van der Waals surface area contributed by atoms with Crippen molar-refractivity contribution in [2.24, 2.45) is 0 Å². The fourth-order valence-corrected chi connectivity index (χ4v) is 1.46. The molecular weight excluding hydrogens is 218 g/mol. The minimum absolute atomic E-state index is 0.00391. The Bertz CT molecular complexity index is 327. The van der Waals surface area contributed by atoms with Crippen molar-refractivity contribution in [1.29, 1.82) is 0 Å². The lowest BCUT2D eigenvalue weighted by Crippen LogP contribution is -2.30. The highest BCUT2D eigenvalue weighted by molar-refractivity contribution is 5.67. The molecule has 0 saturated carbocycles. The molecule has 1 aromatic carbocycles. The Hall–Kier alpha value is -1.55. The first kappa shape index (κ1) is 13.5. The first-order valence-corrected chi connectivity index (χ1v) is 5.81. The Balaban J connectivity index is 2.03. The van der Waals surface area contributed by atoms with E-state index in [2.05, 4.69) is 5.32 Å². The van der Waals surface area contributed by atoms with E-state index in [1.165, 1.54) is 0 Å². The molecule has 1 rings (SSSR count). The Morgan fingerprint density at radius 1 is 1.41 bits per heavy atom. The Morgan fingerprint density at radius 3 is 2.76 bits per heavy atom. The summed E-state index contributed by atoms with van der Waals surface area (Å²) in [5, 5.41) is 11.7. The predicted molar refractivity (Wildman–Crippen MR) is 66.3 cm³/mol. The Kier molecular flexibility index (Phi) is 6.10. The summed E-state index contributed by atoms with van der Waals surface area (Å²) < 4.78 is 5.51. The molecule has 2 N–H and O–H groups in total. The zero-order valence-corrected chi connectivity index (χ0v) is 10.1. The second-order valence-electron chi connectivity index (χ2n) is 3.97. The minimum Gasteiger partial charge on any atom is -0.494 e. The summed E-state index contributed by atoms with van der Waals surface area (Å²) >= 11 is 0. The second-order valence-corrected chi connectivity index (χ2v) is 3.97. The maximum atomic E-state index is 10.4. The first-order valence-electron chi connectivity index (χ1n) is 5.81. The number of carboxylic acid groups (broad SMARTS) is 1. The summed E-state index contributed by atoms with van der Waals surface area (Å²) in [5.41, 5.74) is 0. The lowest BCUT2D eigenvalue weighted by molar-refractivity contribution is -0.137. The number of carbonyl (C=O) groups is 1. The van der Waals surface area contributed by atoms with Crippen molar-refractivity contribution >= 4 is 5.97 Å². The quantitative estimate of drug-likeness (QED) is 0.678. The van der Waals surface area contributed by atoms with E-state index < -0.39 is 5.97 Å². The van der Waals surface area contributed by atoms with Crippen LogP contribution in [-0.2, 0) is 4.79 Å². The van der Waals surface area contributed by atoms with Gasteiger partial charge in [0.25, 0.3) is 0 Å². The van der Waals surface area contributed by atoms with Gasteiger partial charge in [-0.1, -0.05) is 18.2 Å². The van der Waals surface area contributed by atoms with Crippen LogP contribution in [0.2, 0.25) is 0 Å². The fraction of sp³-hybridized carbons (Fsp3) is 0.462. The third kappa shape index (κ3) is 6.58. The van der Waals surface area contributed by atoms with Crippen LogP contribution in [0.25, 0.3) is 0 Å². The number of hydrogen-bond donors (Lipinski definition) is 2. The fourth-order valence-electron chi connectivity index (χ4n) is 1.46. The van der Waals surface area contributed by atoms with E-state index >= 15 is 0 Å². The number of hydrogen-bond acceptors (Lipinski definition) is 3. The van der Waals surface area contributed by atoms with Crippen molar-refractivity contribution in [1.82, 2.24) is 5.32 Å². The molecule has 0 aliphatic rings. The molecule has 1 atom stereocenters. The van der Waals surface area contributed by atoms with E-state index in [9.17, 15) is 4.79 Å². The number of benzene rings is 1. The molecule has 94 valence electrons. The van der Waals surface area contributed by atoms with E-state index in [1.807, 2.05) is 37.3 Å². The van der Waals surface area contributed by atoms with Gasteiger partial charge in [-0.3, -0.25) is 4.79 Å². The van der Waals surface area contributed by atoms with Gasteiger partial charge in [0, 0.05) is 6.04 Å². The summed E-state index contributed by atoms with van der Waals surface area (Å²) in [7, 11) is 0. The largest absolute Gasteiger partial charge is 0.494 e. The SMILES string of the molecule is CC(CC(=O)O)NCCCOc1ccccc1. The maximum Gasteiger partial charge on any atom is 0.304 e. The van der Waals surface area contributed by atoms with Crippen molar-refractivity contribution in [3.05, 3.63) is 30.3 Å². The zero-order chi connectivity index (χ0) is 12.5. The lowest BCUT2D eigenvalue weighted by atomic mass is 10.2. The average molecular weight is 237 g/mol. The standard InChI is InChI=1S/C13H19NO3/c1-11(10-13(15)16)14-8-5-9-17-12-6-3-2-4-7-12/h2-4,6-7,11,14H,5,8-10H2,1H3,(H,15,16). The number of aliphatic carboxylic acids is 1. The first-order chi connectivity index (χ1) is 8.18. The molecule has 0 aliphatic carbocycles. The van der Waals surface area contributed by atoms with Crippen molar-refractivity contribution in [2.75, 3.05) is 13.2 Å². The normalized spacial score (nSPS) is 12.1. The van der Waals surface area contributed by atoms with Crippen LogP contribution in [0.5, 0.6) is 5.75 Å². The summed E-state index contributed by atoms with van der Waals surface area (Å²) in [6.07, 6.45) is 1.01. The molecule has 0 bridgehead atoms. The monoisotopic (exact) mass is 237 g/mol. The molecule has 0 radical (unpaired) electrons. The number of para-hydroxylation sites is 1. The zero-order valence-electron chi connectivity index (χ0n) is 10.1. The van der Waals surface area contributed by atoms with E-state index in [1.54, 1.807) is 0 Å². The van der Waals surface area contributed by atoms with Gasteiger partial charge < -0.3 is 15.2 Å². The van der Waals surface area contributed by atoms with Crippen LogP contribution in [-0.4, -0.2) is 30.3 Å². The summed E-state index contributed by atoms with van der Waals surface area (Å²) in [4.78, 5) is 10.4. The predicted octanol–water partition coefficient (Wildman–Crippen LogP) is 1.91. The van der Waals surface area contributed by atoms with E-state index in [4.69, 9.17) is 9.84 Å². The number of ether oxygens (including phenoxy) is 1. The van der Waals surface area contributed by atoms with E-state index in [0.717, 1.165) is 18.7 Å². The molecule has 17 heavy (non-hydrogen) atoms. The van der Waals surface area contributed by atoms with Crippen LogP contribution in [0.15, 0.2) is 30.3 Å². The highest BCUT2D eigenvalue weighted by Gasteiger charge is 2.05. The number of carboxylic acids is 1. The number of rotatable bonds is 8. The summed E-state index contributed by atoms with van der Waals surface area (Å²) in [6.45, 7) is 3.27. The topological polar surface area (TPSA) is 58.6 Å². The van der Waals surface area contributed by atoms with Crippen molar-refractivity contribution < 1.29 is 14.6 Å². The highest BCUT2D eigenvalue weighted by atomic mass is 16.5. The maximum absolute atomic E-state index is 10.4. The molecule has 1 unspecified atom stereocenters. The van der Waals surface area contributed by atoms with Crippen molar-refractivity contribution in [2.45, 2.75) is 25.8 Å². The second kappa shape index (κ2) is 7.68. The molecule has 0 fully saturated rings. The van der Waals surface area contributed by atoms with Gasteiger partial charge in [-0.2, -0.15) is 0 Å². The van der Waals surface area contributed by atoms with Crippen LogP contribution >= 0.6 is 0 Å². The molecule has 0 heterocycles. The van der Waals surface area contributed by atoms with Crippen LogP contribution < -0.4 is 10.1 Å². The van der Waals surface area contributed by atoms with Gasteiger partial charge in [0.1, 0.15) is 5.75 Å². The number of nitrogens with one attached hydrogen (secondary N) is 1. The smallest absolute Gasteiger partial charge is 0.304 e. The molecule has 0 aromatic heterocycles. The van der Waals surface area contributed by atoms with E-state index in [0.29, 0.717) is 6.61 Å². The molecule has 0 spiro atoms. The average Bonchev–Trinajstić information content (AvgIpc) is 2.29. The lowest BCUT2D eigenvalue weighted by Gasteiger charge is -2.11. The van der Waals surface area contributed by atoms with Gasteiger partial charge in [0.15, 0.2) is 0 Å². The van der Waals surface area contributed by atoms with Gasteiger partial charge in [0.05, 0.1) is 13.0 Å². The van der Waals surface area contributed by atoms with Crippen LogP contribution in [0, 0.1) is 0 Å². The Labute approximate surface area is 102 Å². The third-order valence-electron chi connectivity index (χ3n) is 2.31. The third-order valence-corrected chi connectivity index (χ3v) is 2.31. The van der Waals surface area contributed by atoms with Crippen LogP contribution in [0.4, 0.5) is 0 Å². The molecule has 0 amide bonds. The molecule has 4 nitrogen and oxygen atoms in total. The summed E-state index contributed by atoms with van der Waals surface area (Å²) in [5.74, 6) is 0.0941. The summed E-state index contributed by atoms with van der Waals surface area (Å²) in [6, 6.07) is 9.65. The van der Waals surface area contributed by atoms with Gasteiger partial charge >= 0.3 is 5.97 Å². The highest BCUT2D eigenvalue weighted by Crippen LogP contribution is 2.08. The minimum atomic E-state index is -0.773. The van der Waals surface area contributed by atoms with Crippen molar-refractivity contribution in [3.63, 3.8) is 0 Å².